The van der Waals surface area contributed by atoms with Crippen LogP contribution in [0.4, 0.5) is 5.69 Å². The lowest BCUT2D eigenvalue weighted by Gasteiger charge is -2.06. The van der Waals surface area contributed by atoms with Gasteiger partial charge in [-0.05, 0) is 18.2 Å². The lowest BCUT2D eigenvalue weighted by molar-refractivity contribution is -0.385. The third kappa shape index (κ3) is 3.02. The molecule has 0 N–H and O–H groups in total. The number of hydrogen-bond donors (Lipinski definition) is 0. The van der Waals surface area contributed by atoms with Crippen LogP contribution in [0, 0.1) is 10.1 Å². The predicted octanol–water partition coefficient (Wildman–Crippen LogP) is 2.14. The van der Waals surface area contributed by atoms with Crippen molar-refractivity contribution >= 4 is 22.9 Å². The maximum absolute atomic E-state index is 12.1. The summed E-state index contributed by atoms with van der Waals surface area (Å²) in [4.78, 5) is 22.5. The number of aromatic nitrogens is 3. The van der Waals surface area contributed by atoms with Crippen molar-refractivity contribution in [3.63, 3.8) is 0 Å². The molecule has 0 unspecified atom stereocenters. The third-order valence-electron chi connectivity index (χ3n) is 3.17. The minimum absolute atomic E-state index is 0.0466. The molecule has 9 heteroatoms. The molecule has 2 heterocycles. The fourth-order valence-corrected chi connectivity index (χ4v) is 2.27. The van der Waals surface area contributed by atoms with E-state index in [1.165, 1.54) is 27.3 Å². The molecular formula is C14H11ClN4O4. The fraction of sp³-hybridized carbons (Fsp3) is 0.143. The number of halogens is 1. The summed E-state index contributed by atoms with van der Waals surface area (Å²) in [5, 5.41) is 15.4. The minimum Gasteiger partial charge on any atom is -0.485 e. The second-order valence-corrected chi connectivity index (χ2v) is 5.09. The number of nitrogens with zero attached hydrogens (tertiary/aromatic N) is 4. The SMILES string of the molecule is O=c1n(CCOc2cc(Cl)ccc2[N+](=O)[O-])nc2ccccn12. The molecule has 0 saturated carbocycles. The lowest BCUT2D eigenvalue weighted by atomic mass is 10.3. The maximum atomic E-state index is 12.1. The summed E-state index contributed by atoms with van der Waals surface area (Å²) in [6, 6.07) is 9.27. The number of benzene rings is 1. The highest BCUT2D eigenvalue weighted by atomic mass is 35.5. The van der Waals surface area contributed by atoms with E-state index in [1.54, 1.807) is 24.4 Å². The topological polar surface area (TPSA) is 91.7 Å². The van der Waals surface area contributed by atoms with Crippen LogP contribution >= 0.6 is 11.6 Å². The van der Waals surface area contributed by atoms with Gasteiger partial charge in [0.2, 0.25) is 0 Å². The Morgan fingerprint density at radius 2 is 2.13 bits per heavy atom. The number of pyridine rings is 1. The van der Waals surface area contributed by atoms with Crippen molar-refractivity contribution in [2.45, 2.75) is 6.54 Å². The van der Waals surface area contributed by atoms with E-state index in [1.807, 2.05) is 0 Å². The number of nitro groups is 1. The van der Waals surface area contributed by atoms with Gasteiger partial charge in [0.25, 0.3) is 0 Å². The van der Waals surface area contributed by atoms with E-state index in [-0.39, 0.29) is 30.3 Å². The Balaban J connectivity index is 1.77. The first kappa shape index (κ1) is 15.0. The molecule has 0 radical (unpaired) electrons. The quantitative estimate of drug-likeness (QED) is 0.526. The van der Waals surface area contributed by atoms with Gasteiger partial charge in [0.05, 0.1) is 11.5 Å². The van der Waals surface area contributed by atoms with E-state index >= 15 is 0 Å². The summed E-state index contributed by atoms with van der Waals surface area (Å²) < 4.78 is 8.05. The van der Waals surface area contributed by atoms with E-state index < -0.39 is 4.92 Å². The molecule has 2 aromatic heterocycles. The Bertz CT molecular complexity index is 934. The van der Waals surface area contributed by atoms with Crippen molar-refractivity contribution in [3.8, 4) is 5.75 Å². The van der Waals surface area contributed by atoms with Gasteiger partial charge in [-0.15, -0.1) is 5.10 Å². The number of fused-ring (bicyclic) bond motifs is 1. The number of nitro benzene ring substituents is 1. The second kappa shape index (κ2) is 6.09. The van der Waals surface area contributed by atoms with Gasteiger partial charge in [0.15, 0.2) is 11.4 Å². The maximum Gasteiger partial charge on any atom is 0.350 e. The lowest BCUT2D eigenvalue weighted by Crippen LogP contribution is -2.24. The smallest absolute Gasteiger partial charge is 0.350 e. The van der Waals surface area contributed by atoms with Gasteiger partial charge < -0.3 is 4.74 Å². The van der Waals surface area contributed by atoms with Crippen LogP contribution in [0.5, 0.6) is 5.75 Å². The average Bonchev–Trinajstić information content (AvgIpc) is 2.84. The van der Waals surface area contributed by atoms with Crippen molar-refractivity contribution in [2.75, 3.05) is 6.61 Å². The second-order valence-electron chi connectivity index (χ2n) is 4.65. The normalized spacial score (nSPS) is 10.8. The first-order valence-corrected chi connectivity index (χ1v) is 7.05. The van der Waals surface area contributed by atoms with E-state index in [4.69, 9.17) is 16.3 Å². The molecule has 0 aliphatic rings. The van der Waals surface area contributed by atoms with Crippen molar-refractivity contribution in [3.05, 3.63) is 68.2 Å². The summed E-state index contributed by atoms with van der Waals surface area (Å²) in [6.45, 7) is 0.204. The number of hydrogen-bond acceptors (Lipinski definition) is 5. The summed E-state index contributed by atoms with van der Waals surface area (Å²) in [5.74, 6) is 0.0549. The van der Waals surface area contributed by atoms with E-state index in [9.17, 15) is 14.9 Å². The average molecular weight is 335 g/mol. The standard InChI is InChI=1S/C14H11ClN4O4/c15-10-4-5-11(19(21)22)12(9-10)23-8-7-18-14(20)17-6-2-1-3-13(17)16-18/h1-6,9H,7-8H2. The molecule has 0 aliphatic heterocycles. The minimum atomic E-state index is -0.553. The van der Waals surface area contributed by atoms with E-state index in [0.29, 0.717) is 10.7 Å². The molecule has 1 aromatic carbocycles. The zero-order chi connectivity index (χ0) is 16.4. The van der Waals surface area contributed by atoms with Gasteiger partial charge in [0.1, 0.15) is 6.61 Å². The van der Waals surface area contributed by atoms with Crippen LogP contribution in [0.2, 0.25) is 5.02 Å². The van der Waals surface area contributed by atoms with Crippen molar-refractivity contribution < 1.29 is 9.66 Å². The fourth-order valence-electron chi connectivity index (χ4n) is 2.11. The molecular weight excluding hydrogens is 324 g/mol. The molecule has 3 aromatic rings. The van der Waals surface area contributed by atoms with Crippen LogP contribution in [0.25, 0.3) is 5.65 Å². The zero-order valence-corrected chi connectivity index (χ0v) is 12.5. The van der Waals surface area contributed by atoms with E-state index in [0.717, 1.165) is 0 Å². The van der Waals surface area contributed by atoms with Crippen LogP contribution < -0.4 is 10.4 Å². The first-order valence-electron chi connectivity index (χ1n) is 6.67. The van der Waals surface area contributed by atoms with Crippen LogP contribution in [0.1, 0.15) is 0 Å². The van der Waals surface area contributed by atoms with Crippen molar-refractivity contribution in [1.29, 1.82) is 0 Å². The molecule has 8 nitrogen and oxygen atoms in total. The zero-order valence-electron chi connectivity index (χ0n) is 11.8. The molecule has 23 heavy (non-hydrogen) atoms. The molecule has 0 saturated heterocycles. The highest BCUT2D eigenvalue weighted by molar-refractivity contribution is 6.30. The summed E-state index contributed by atoms with van der Waals surface area (Å²) >= 11 is 5.82. The number of rotatable bonds is 5. The van der Waals surface area contributed by atoms with Gasteiger partial charge in [-0.25, -0.2) is 9.48 Å². The van der Waals surface area contributed by atoms with Crippen LogP contribution in [0.15, 0.2) is 47.4 Å². The Morgan fingerprint density at radius 3 is 2.87 bits per heavy atom. The predicted molar refractivity (Wildman–Crippen MR) is 83.1 cm³/mol. The highest BCUT2D eigenvalue weighted by Crippen LogP contribution is 2.29. The first-order chi connectivity index (χ1) is 11.1. The van der Waals surface area contributed by atoms with Gasteiger partial charge >= 0.3 is 11.4 Å². The Hall–Kier alpha value is -2.87. The van der Waals surface area contributed by atoms with Gasteiger partial charge in [0, 0.05) is 23.4 Å². The molecule has 0 amide bonds. The number of ether oxygens (including phenoxy) is 1. The molecule has 118 valence electrons. The molecule has 3 rings (SSSR count). The van der Waals surface area contributed by atoms with E-state index in [2.05, 4.69) is 5.10 Å². The summed E-state index contributed by atoms with van der Waals surface area (Å²) in [5.41, 5.74) is 0.0350. The highest BCUT2D eigenvalue weighted by Gasteiger charge is 2.15. The Kier molecular flexibility index (Phi) is 3.98. The van der Waals surface area contributed by atoms with Crippen molar-refractivity contribution in [1.82, 2.24) is 14.2 Å². The third-order valence-corrected chi connectivity index (χ3v) is 3.40. The largest absolute Gasteiger partial charge is 0.485 e. The van der Waals surface area contributed by atoms with Gasteiger partial charge in [-0.1, -0.05) is 17.7 Å². The monoisotopic (exact) mass is 334 g/mol. The molecule has 0 aliphatic carbocycles. The summed E-state index contributed by atoms with van der Waals surface area (Å²) in [7, 11) is 0. The van der Waals surface area contributed by atoms with Crippen LogP contribution in [0.3, 0.4) is 0 Å². The molecule has 0 spiro atoms. The molecule has 0 bridgehead atoms. The Labute approximate surface area is 134 Å². The van der Waals surface area contributed by atoms with Crippen LogP contribution in [-0.2, 0) is 6.54 Å². The van der Waals surface area contributed by atoms with Gasteiger partial charge in [-0.3, -0.25) is 14.5 Å². The molecule has 0 fully saturated rings. The summed E-state index contributed by atoms with van der Waals surface area (Å²) in [6.07, 6.45) is 1.61. The van der Waals surface area contributed by atoms with Gasteiger partial charge in [-0.2, -0.15) is 0 Å². The van der Waals surface area contributed by atoms with Crippen LogP contribution in [-0.4, -0.2) is 25.7 Å². The molecule has 0 atom stereocenters. The Morgan fingerprint density at radius 1 is 1.30 bits per heavy atom. The van der Waals surface area contributed by atoms with Crippen molar-refractivity contribution in [2.24, 2.45) is 0 Å².